The molecule has 2 saturated carbocycles. The Balaban J connectivity index is 0.947. The summed E-state index contributed by atoms with van der Waals surface area (Å²) in [6.45, 7) is 2.11. The molecule has 4 aromatic rings. The molecule has 2 aromatic heterocycles. The smallest absolute Gasteiger partial charge is 0.124 e. The fourth-order valence-corrected chi connectivity index (χ4v) is 10.4. The van der Waals surface area contributed by atoms with Crippen LogP contribution in [0.5, 0.6) is 0 Å². The second-order valence-electron chi connectivity index (χ2n) is 14.3. The molecule has 10 rings (SSSR count). The summed E-state index contributed by atoms with van der Waals surface area (Å²) in [5.74, 6) is 7.21. The van der Waals surface area contributed by atoms with E-state index in [1.807, 2.05) is 12.4 Å². The number of aromatic nitrogens is 4. The normalized spacial score (nSPS) is 32.7. The molecule has 8 heteroatoms. The molecular weight excluding hydrogens is 572 g/mol. The zero-order valence-corrected chi connectivity index (χ0v) is 25.7. The first-order valence-electron chi connectivity index (χ1n) is 17.0. The van der Waals surface area contributed by atoms with E-state index in [4.69, 9.17) is 9.97 Å². The Bertz CT molecular complexity index is 1800. The number of fused-ring (bicyclic) bond motifs is 14. The lowest BCUT2D eigenvalue weighted by molar-refractivity contribution is 0.167. The molecule has 8 atom stereocenters. The van der Waals surface area contributed by atoms with Crippen LogP contribution >= 0.6 is 0 Å². The van der Waals surface area contributed by atoms with E-state index in [0.29, 0.717) is 24.2 Å². The first-order valence-corrected chi connectivity index (χ1v) is 17.0. The lowest BCUT2D eigenvalue weighted by Crippen LogP contribution is -2.36. The van der Waals surface area contributed by atoms with Gasteiger partial charge in [-0.1, -0.05) is 48.5 Å². The van der Waals surface area contributed by atoms with Gasteiger partial charge >= 0.3 is 0 Å². The predicted molar refractivity (Wildman–Crippen MR) is 173 cm³/mol. The van der Waals surface area contributed by atoms with Crippen LogP contribution in [0.3, 0.4) is 0 Å². The van der Waals surface area contributed by atoms with E-state index in [1.54, 1.807) is 0 Å². The molecule has 2 saturated heterocycles. The Morgan fingerprint density at radius 3 is 1.48 bits per heavy atom. The number of imidazole rings is 2. The van der Waals surface area contributed by atoms with Crippen LogP contribution < -0.4 is 0 Å². The SMILES string of the molecule is O=C=C1CC2C(c3cnc([nH]3)C3CCCN32)C1c1ccc(-c2ccc([C@H]3C(=C=O)CC4[C@H]3c3cnc([nH]3)C3CCCN34)cc2)cc1. The lowest BCUT2D eigenvalue weighted by atomic mass is 9.82. The number of carbonyl (C=O) groups excluding carboxylic acids is 2. The van der Waals surface area contributed by atoms with E-state index in [2.05, 4.69) is 80.2 Å². The van der Waals surface area contributed by atoms with Crippen molar-refractivity contribution in [2.45, 2.75) is 86.4 Å². The highest BCUT2D eigenvalue weighted by atomic mass is 16.1. The summed E-state index contributed by atoms with van der Waals surface area (Å²) in [6.07, 6.45) is 10.1. The van der Waals surface area contributed by atoms with Crippen LogP contribution in [0.2, 0.25) is 0 Å². The van der Waals surface area contributed by atoms with Gasteiger partial charge in [-0.2, -0.15) is 0 Å². The third kappa shape index (κ3) is 3.76. The minimum Gasteiger partial charge on any atom is -0.344 e. The fourth-order valence-electron chi connectivity index (χ4n) is 10.4. The molecule has 6 aliphatic rings. The van der Waals surface area contributed by atoms with Crippen LogP contribution in [0.15, 0.2) is 72.1 Å². The summed E-state index contributed by atoms with van der Waals surface area (Å²) >= 11 is 0. The molecular formula is C38H36N6O2. The maximum Gasteiger partial charge on any atom is 0.124 e. The van der Waals surface area contributed by atoms with Gasteiger partial charge in [-0.05, 0) is 73.9 Å². The van der Waals surface area contributed by atoms with Gasteiger partial charge in [0.2, 0.25) is 0 Å². The number of nitrogens with zero attached hydrogens (tertiary/aromatic N) is 4. The van der Waals surface area contributed by atoms with E-state index in [9.17, 15) is 9.59 Å². The zero-order chi connectivity index (χ0) is 30.5. The van der Waals surface area contributed by atoms with Crippen molar-refractivity contribution in [3.05, 3.63) is 106 Å². The zero-order valence-electron chi connectivity index (χ0n) is 25.7. The minimum atomic E-state index is -0.00628. The molecule has 2 aromatic carbocycles. The van der Waals surface area contributed by atoms with Crippen LogP contribution in [0, 0.1) is 0 Å². The lowest BCUT2D eigenvalue weighted by Gasteiger charge is -2.32. The van der Waals surface area contributed by atoms with Crippen LogP contribution in [0.25, 0.3) is 11.1 Å². The van der Waals surface area contributed by atoms with Gasteiger partial charge in [0.1, 0.15) is 23.5 Å². The quantitative estimate of drug-likeness (QED) is 0.281. The Morgan fingerprint density at radius 1 is 0.630 bits per heavy atom. The van der Waals surface area contributed by atoms with Gasteiger partial charge in [0.15, 0.2) is 0 Å². The third-order valence-corrected chi connectivity index (χ3v) is 12.3. The standard InChI is InChI=1S/C38H36N6O2/c45-19-25-15-31-35(27-17-39-37(41-27)29-3-1-13-43(29)31)33(25)23-9-5-21(6-10-23)22-7-11-24(12-8-22)34-26(20-46)16-32-36(34)28-18-40-38(42-28)30-4-2-14-44(30)32/h5-12,17-18,29-36H,1-4,13-16H2,(H,39,41)(H,40,42)/t29?,30?,31?,32?,33-,34?,35+,36?/m0/s1. The third-order valence-electron chi connectivity index (χ3n) is 12.3. The van der Waals surface area contributed by atoms with Crippen molar-refractivity contribution < 1.29 is 9.59 Å². The van der Waals surface area contributed by atoms with Crippen LogP contribution in [0.1, 0.15) is 108 Å². The van der Waals surface area contributed by atoms with Gasteiger partial charge in [-0.25, -0.2) is 19.6 Å². The van der Waals surface area contributed by atoms with Gasteiger partial charge in [0, 0.05) is 70.7 Å². The van der Waals surface area contributed by atoms with Gasteiger partial charge in [0.25, 0.3) is 0 Å². The summed E-state index contributed by atoms with van der Waals surface area (Å²) in [7, 11) is 0. The molecule has 4 aliphatic heterocycles. The Hall–Kier alpha value is -4.32. The average molecular weight is 609 g/mol. The Morgan fingerprint density at radius 2 is 1.07 bits per heavy atom. The maximum absolute atomic E-state index is 12.3. The maximum atomic E-state index is 12.3. The van der Waals surface area contributed by atoms with Crippen molar-refractivity contribution in [1.82, 2.24) is 29.7 Å². The molecule has 230 valence electrons. The molecule has 0 amide bonds. The van der Waals surface area contributed by atoms with Gasteiger partial charge in [0.05, 0.1) is 12.1 Å². The van der Waals surface area contributed by atoms with E-state index >= 15 is 0 Å². The number of aromatic amines is 2. The topological polar surface area (TPSA) is 98.0 Å². The highest BCUT2D eigenvalue weighted by Gasteiger charge is 2.52. The van der Waals surface area contributed by atoms with Crippen LogP contribution in [-0.4, -0.2) is 66.8 Å². The van der Waals surface area contributed by atoms with Crippen molar-refractivity contribution in [2.24, 2.45) is 0 Å². The number of benzene rings is 2. The summed E-state index contributed by atoms with van der Waals surface area (Å²) in [5, 5.41) is 0. The highest BCUT2D eigenvalue weighted by Crippen LogP contribution is 2.56. The molecule has 8 nitrogen and oxygen atoms in total. The molecule has 6 heterocycles. The van der Waals surface area contributed by atoms with Crippen molar-refractivity contribution in [2.75, 3.05) is 13.1 Å². The summed E-state index contributed by atoms with van der Waals surface area (Å²) < 4.78 is 0. The first kappa shape index (κ1) is 26.9. The summed E-state index contributed by atoms with van der Waals surface area (Å²) in [4.78, 5) is 46.6. The predicted octanol–water partition coefficient (Wildman–Crippen LogP) is 5.90. The van der Waals surface area contributed by atoms with Gasteiger partial charge < -0.3 is 9.97 Å². The summed E-state index contributed by atoms with van der Waals surface area (Å²) in [6, 6.07) is 18.7. The number of rotatable bonds is 3. The molecule has 4 bridgehead atoms. The second-order valence-corrected chi connectivity index (χ2v) is 14.3. The fraction of sp³-hybridized carbons (Fsp3) is 0.421. The van der Waals surface area contributed by atoms with Crippen molar-refractivity contribution in [3.63, 3.8) is 0 Å². The molecule has 0 spiro atoms. The molecule has 2 aliphatic carbocycles. The number of nitrogens with one attached hydrogen (secondary N) is 2. The van der Waals surface area contributed by atoms with Crippen molar-refractivity contribution in [3.8, 4) is 11.1 Å². The van der Waals surface area contributed by atoms with Crippen LogP contribution in [-0.2, 0) is 9.59 Å². The van der Waals surface area contributed by atoms with Gasteiger partial charge in [-0.15, -0.1) is 0 Å². The number of hydrogen-bond donors (Lipinski definition) is 2. The molecule has 2 N–H and O–H groups in total. The summed E-state index contributed by atoms with van der Waals surface area (Å²) in [5.41, 5.74) is 8.60. The molecule has 6 unspecified atom stereocenters. The van der Waals surface area contributed by atoms with Gasteiger partial charge in [-0.3, -0.25) is 9.80 Å². The average Bonchev–Trinajstić information content (AvgIpc) is 3.93. The van der Waals surface area contributed by atoms with E-state index < -0.39 is 0 Å². The van der Waals surface area contributed by atoms with E-state index in [1.165, 1.54) is 12.8 Å². The Kier molecular flexibility index (Phi) is 5.89. The largest absolute Gasteiger partial charge is 0.344 e. The second kappa shape index (κ2) is 10.1. The van der Waals surface area contributed by atoms with Crippen molar-refractivity contribution in [1.29, 1.82) is 0 Å². The molecule has 4 fully saturated rings. The highest BCUT2D eigenvalue weighted by molar-refractivity contribution is 5.67. The Labute approximate surface area is 267 Å². The number of hydrogen-bond acceptors (Lipinski definition) is 6. The monoisotopic (exact) mass is 608 g/mol. The molecule has 46 heavy (non-hydrogen) atoms. The van der Waals surface area contributed by atoms with E-state index in [-0.39, 0.29) is 23.7 Å². The number of H-pyrrole nitrogens is 2. The van der Waals surface area contributed by atoms with E-state index in [0.717, 1.165) is 95.2 Å². The van der Waals surface area contributed by atoms with Crippen molar-refractivity contribution >= 4 is 11.9 Å². The first-order chi connectivity index (χ1) is 22.7. The molecule has 0 radical (unpaired) electrons. The minimum absolute atomic E-state index is 0.00628. The van der Waals surface area contributed by atoms with Crippen LogP contribution in [0.4, 0.5) is 0 Å².